The third-order valence-electron chi connectivity index (χ3n) is 2.39. The van der Waals surface area contributed by atoms with Crippen LogP contribution in [-0.4, -0.2) is 26.6 Å². The molecule has 0 bridgehead atoms. The fourth-order valence-electron chi connectivity index (χ4n) is 1.54. The van der Waals surface area contributed by atoms with E-state index in [4.69, 9.17) is 16.7 Å². The van der Waals surface area contributed by atoms with E-state index in [1.165, 1.54) is 12.1 Å². The van der Waals surface area contributed by atoms with Crippen molar-refractivity contribution >= 4 is 29.3 Å². The Bertz CT molecular complexity index is 673. The van der Waals surface area contributed by atoms with Gasteiger partial charge in [-0.2, -0.15) is 18.3 Å². The van der Waals surface area contributed by atoms with Crippen LogP contribution in [0.1, 0.15) is 5.69 Å². The first-order valence-electron chi connectivity index (χ1n) is 5.56. The number of carbonyl (C=O) groups is 1. The molecule has 9 heteroatoms. The molecule has 0 aliphatic rings. The van der Waals surface area contributed by atoms with Crippen LogP contribution in [0.2, 0.25) is 5.02 Å². The number of para-hydroxylation sites is 1. The largest absolute Gasteiger partial charge is 0.481 e. The first-order valence-corrected chi connectivity index (χ1v) is 6.92. The summed E-state index contributed by atoms with van der Waals surface area (Å²) in [5.74, 6) is -1.52. The number of thioether (sulfide) groups is 1. The number of carboxylic acid groups (broad SMARTS) is 1. The number of benzene rings is 1. The van der Waals surface area contributed by atoms with Gasteiger partial charge in [-0.25, -0.2) is 4.68 Å². The Morgan fingerprint density at radius 3 is 2.62 bits per heavy atom. The van der Waals surface area contributed by atoms with Gasteiger partial charge in [-0.3, -0.25) is 4.79 Å². The van der Waals surface area contributed by atoms with E-state index in [0.717, 1.165) is 22.5 Å². The summed E-state index contributed by atoms with van der Waals surface area (Å²) in [4.78, 5) is 10.6. The van der Waals surface area contributed by atoms with Gasteiger partial charge < -0.3 is 5.11 Å². The molecular formula is C12H8ClF3N2O2S. The lowest BCUT2D eigenvalue weighted by Crippen LogP contribution is -2.07. The Labute approximate surface area is 126 Å². The van der Waals surface area contributed by atoms with Crippen LogP contribution in [0, 0.1) is 0 Å². The summed E-state index contributed by atoms with van der Waals surface area (Å²) in [6.45, 7) is 0. The molecule has 1 aromatic carbocycles. The first-order chi connectivity index (χ1) is 9.79. The maximum atomic E-state index is 12.8. The fourth-order valence-corrected chi connectivity index (χ4v) is 2.48. The number of hydrogen-bond acceptors (Lipinski definition) is 3. The Kier molecular flexibility index (Phi) is 4.48. The lowest BCUT2D eigenvalue weighted by atomic mass is 10.3. The summed E-state index contributed by atoms with van der Waals surface area (Å²) >= 11 is 6.69. The molecular weight excluding hydrogens is 329 g/mol. The predicted octanol–water partition coefficient (Wildman–Crippen LogP) is 3.72. The summed E-state index contributed by atoms with van der Waals surface area (Å²) in [6.07, 6.45) is -4.62. The molecule has 0 aliphatic carbocycles. The zero-order chi connectivity index (χ0) is 15.6. The molecule has 2 aromatic rings. The highest BCUT2D eigenvalue weighted by Crippen LogP contribution is 2.34. The van der Waals surface area contributed by atoms with Crippen molar-refractivity contribution in [3.8, 4) is 5.69 Å². The van der Waals surface area contributed by atoms with Gasteiger partial charge in [0, 0.05) is 6.07 Å². The average molecular weight is 337 g/mol. The molecule has 112 valence electrons. The van der Waals surface area contributed by atoms with Crippen molar-refractivity contribution in [3.63, 3.8) is 0 Å². The number of alkyl halides is 3. The van der Waals surface area contributed by atoms with Gasteiger partial charge in [-0.15, -0.1) is 0 Å². The smallest absolute Gasteiger partial charge is 0.435 e. The molecule has 1 heterocycles. The Balaban J connectivity index is 2.49. The summed E-state index contributed by atoms with van der Waals surface area (Å²) in [7, 11) is 0. The van der Waals surface area contributed by atoms with Gasteiger partial charge in [0.05, 0.1) is 16.5 Å². The molecule has 1 aromatic heterocycles. The zero-order valence-corrected chi connectivity index (χ0v) is 11.8. The van der Waals surface area contributed by atoms with Crippen LogP contribution in [0.3, 0.4) is 0 Å². The monoisotopic (exact) mass is 336 g/mol. The summed E-state index contributed by atoms with van der Waals surface area (Å²) in [5.41, 5.74) is -0.849. The summed E-state index contributed by atoms with van der Waals surface area (Å²) in [5, 5.41) is 12.4. The molecule has 0 amide bonds. The van der Waals surface area contributed by atoms with Gasteiger partial charge in [0.1, 0.15) is 5.03 Å². The molecule has 2 rings (SSSR count). The van der Waals surface area contributed by atoms with Crippen LogP contribution in [0.15, 0.2) is 35.4 Å². The fraction of sp³-hybridized carbons (Fsp3) is 0.167. The van der Waals surface area contributed by atoms with E-state index in [1.807, 2.05) is 0 Å². The minimum atomic E-state index is -4.62. The molecule has 0 radical (unpaired) electrons. The summed E-state index contributed by atoms with van der Waals surface area (Å²) in [6, 6.07) is 7.04. The highest BCUT2D eigenvalue weighted by Gasteiger charge is 2.35. The Morgan fingerprint density at radius 1 is 1.38 bits per heavy atom. The van der Waals surface area contributed by atoms with Crippen molar-refractivity contribution in [2.24, 2.45) is 0 Å². The molecule has 4 nitrogen and oxygen atoms in total. The molecule has 21 heavy (non-hydrogen) atoms. The van der Waals surface area contributed by atoms with Crippen LogP contribution in [0.25, 0.3) is 5.69 Å². The van der Waals surface area contributed by atoms with Crippen molar-refractivity contribution < 1.29 is 23.1 Å². The second kappa shape index (κ2) is 5.98. The van der Waals surface area contributed by atoms with Crippen molar-refractivity contribution in [2.75, 3.05) is 5.75 Å². The van der Waals surface area contributed by atoms with E-state index in [2.05, 4.69) is 5.10 Å². The minimum absolute atomic E-state index is 0.0535. The minimum Gasteiger partial charge on any atom is -0.481 e. The van der Waals surface area contributed by atoms with Crippen LogP contribution in [-0.2, 0) is 11.0 Å². The van der Waals surface area contributed by atoms with Gasteiger partial charge in [-0.1, -0.05) is 35.5 Å². The molecule has 0 saturated carbocycles. The molecule has 0 spiro atoms. The molecule has 0 saturated heterocycles. The molecule has 0 atom stereocenters. The number of rotatable bonds is 4. The second-order valence-corrected chi connectivity index (χ2v) is 5.31. The van der Waals surface area contributed by atoms with Crippen LogP contribution < -0.4 is 0 Å². The maximum Gasteiger partial charge on any atom is 0.435 e. The van der Waals surface area contributed by atoms with E-state index in [1.54, 1.807) is 12.1 Å². The molecule has 1 N–H and O–H groups in total. The van der Waals surface area contributed by atoms with E-state index in [9.17, 15) is 18.0 Å². The Morgan fingerprint density at radius 2 is 2.05 bits per heavy atom. The first kappa shape index (κ1) is 15.7. The quantitative estimate of drug-likeness (QED) is 0.865. The van der Waals surface area contributed by atoms with Crippen LogP contribution in [0.4, 0.5) is 13.2 Å². The van der Waals surface area contributed by atoms with Gasteiger partial charge in [0.25, 0.3) is 0 Å². The zero-order valence-electron chi connectivity index (χ0n) is 10.3. The van der Waals surface area contributed by atoms with Gasteiger partial charge in [-0.05, 0) is 12.1 Å². The second-order valence-electron chi connectivity index (χ2n) is 3.91. The number of nitrogens with zero attached hydrogens (tertiary/aromatic N) is 2. The van der Waals surface area contributed by atoms with Gasteiger partial charge >= 0.3 is 12.1 Å². The van der Waals surface area contributed by atoms with Crippen molar-refractivity contribution in [3.05, 3.63) is 41.0 Å². The highest BCUT2D eigenvalue weighted by molar-refractivity contribution is 7.99. The summed E-state index contributed by atoms with van der Waals surface area (Å²) < 4.78 is 39.3. The van der Waals surface area contributed by atoms with E-state index in [0.29, 0.717) is 0 Å². The Hall–Kier alpha value is -1.67. The number of aromatic nitrogens is 2. The third kappa shape index (κ3) is 3.70. The van der Waals surface area contributed by atoms with Crippen LogP contribution in [0.5, 0.6) is 0 Å². The normalized spacial score (nSPS) is 11.6. The van der Waals surface area contributed by atoms with E-state index >= 15 is 0 Å². The van der Waals surface area contributed by atoms with E-state index < -0.39 is 17.8 Å². The average Bonchev–Trinajstić information content (AvgIpc) is 2.80. The number of aliphatic carboxylic acids is 1. The highest BCUT2D eigenvalue weighted by atomic mass is 35.5. The van der Waals surface area contributed by atoms with Gasteiger partial charge in [0.2, 0.25) is 0 Å². The standard InChI is InChI=1S/C12H8ClF3N2O2S/c13-7-3-1-2-4-8(7)18-10(21-6-11(19)20)5-9(17-18)12(14,15)16/h1-5H,6H2,(H,19,20). The number of carboxylic acids is 1. The van der Waals surface area contributed by atoms with E-state index in [-0.39, 0.29) is 21.5 Å². The maximum absolute atomic E-state index is 12.8. The van der Waals surface area contributed by atoms with Crippen molar-refractivity contribution in [2.45, 2.75) is 11.2 Å². The lowest BCUT2D eigenvalue weighted by molar-refractivity contribution is -0.141. The molecule has 0 fully saturated rings. The molecule has 0 aliphatic heterocycles. The van der Waals surface area contributed by atoms with Crippen molar-refractivity contribution in [1.29, 1.82) is 0 Å². The topological polar surface area (TPSA) is 55.1 Å². The predicted molar refractivity (Wildman–Crippen MR) is 71.9 cm³/mol. The lowest BCUT2D eigenvalue weighted by Gasteiger charge is -2.07. The SMILES string of the molecule is O=C(O)CSc1cc(C(F)(F)F)nn1-c1ccccc1Cl. The number of hydrogen-bond donors (Lipinski definition) is 1. The molecule has 0 unspecified atom stereocenters. The number of halogens is 4. The third-order valence-corrected chi connectivity index (χ3v) is 3.69. The van der Waals surface area contributed by atoms with Crippen LogP contribution >= 0.6 is 23.4 Å². The van der Waals surface area contributed by atoms with Crippen molar-refractivity contribution in [1.82, 2.24) is 9.78 Å². The van der Waals surface area contributed by atoms with Gasteiger partial charge in [0.15, 0.2) is 5.69 Å².